The zero-order chi connectivity index (χ0) is 11.7. The summed E-state index contributed by atoms with van der Waals surface area (Å²) >= 11 is 3.43. The van der Waals surface area contributed by atoms with Crippen molar-refractivity contribution in [2.45, 2.75) is 19.6 Å². The molecule has 1 aliphatic heterocycles. The average molecular weight is 292 g/mol. The van der Waals surface area contributed by atoms with Crippen molar-refractivity contribution in [2.24, 2.45) is 0 Å². The molecule has 0 radical (unpaired) electrons. The van der Waals surface area contributed by atoms with Crippen molar-refractivity contribution in [3.63, 3.8) is 0 Å². The Balaban J connectivity index is 1.72. The van der Waals surface area contributed by atoms with Gasteiger partial charge in [-0.2, -0.15) is 5.10 Å². The summed E-state index contributed by atoms with van der Waals surface area (Å²) in [4.78, 5) is 2.46. The highest BCUT2D eigenvalue weighted by molar-refractivity contribution is 9.10. The maximum atomic E-state index is 4.40. The van der Waals surface area contributed by atoms with E-state index in [1.807, 2.05) is 0 Å². The van der Waals surface area contributed by atoms with Crippen LogP contribution in [0.15, 0.2) is 41.0 Å². The third kappa shape index (κ3) is 2.42. The zero-order valence-electron chi connectivity index (χ0n) is 9.51. The Morgan fingerprint density at radius 3 is 2.82 bits per heavy atom. The van der Waals surface area contributed by atoms with Gasteiger partial charge in [0.2, 0.25) is 0 Å². The molecule has 3 nitrogen and oxygen atoms in total. The van der Waals surface area contributed by atoms with Crippen LogP contribution in [0.4, 0.5) is 0 Å². The van der Waals surface area contributed by atoms with E-state index in [0.29, 0.717) is 0 Å². The molecule has 1 aromatic carbocycles. The van der Waals surface area contributed by atoms with Crippen molar-refractivity contribution in [1.29, 1.82) is 0 Å². The number of hydrogen-bond acceptors (Lipinski definition) is 2. The molecule has 17 heavy (non-hydrogen) atoms. The second-order valence-electron chi connectivity index (χ2n) is 4.38. The van der Waals surface area contributed by atoms with Crippen LogP contribution in [0.25, 0.3) is 0 Å². The van der Waals surface area contributed by atoms with Gasteiger partial charge in [0.15, 0.2) is 0 Å². The van der Waals surface area contributed by atoms with Crippen LogP contribution in [-0.4, -0.2) is 21.2 Å². The van der Waals surface area contributed by atoms with Crippen LogP contribution in [-0.2, 0) is 19.6 Å². The van der Waals surface area contributed by atoms with Crippen molar-refractivity contribution in [2.75, 3.05) is 6.54 Å². The standard InChI is InChI=1S/C13H14BrN3/c14-13-8-12-10-16(6-7-17(12)15-13)9-11-4-2-1-3-5-11/h1-5,8H,6-7,9-10H2. The summed E-state index contributed by atoms with van der Waals surface area (Å²) in [6.45, 7) is 4.04. The predicted molar refractivity (Wildman–Crippen MR) is 70.5 cm³/mol. The van der Waals surface area contributed by atoms with E-state index in [4.69, 9.17) is 0 Å². The van der Waals surface area contributed by atoms with E-state index in [-0.39, 0.29) is 0 Å². The van der Waals surface area contributed by atoms with Crippen LogP contribution in [0.5, 0.6) is 0 Å². The highest BCUT2D eigenvalue weighted by Gasteiger charge is 2.17. The third-order valence-corrected chi connectivity index (χ3v) is 3.48. The van der Waals surface area contributed by atoms with E-state index in [2.05, 4.69) is 67.0 Å². The molecule has 0 fully saturated rings. The molecule has 1 aliphatic rings. The Hall–Kier alpha value is -1.13. The number of rotatable bonds is 2. The predicted octanol–water partition coefficient (Wildman–Crippen LogP) is 2.66. The minimum absolute atomic E-state index is 0.939. The van der Waals surface area contributed by atoms with E-state index >= 15 is 0 Å². The normalized spacial score (nSPS) is 15.8. The van der Waals surface area contributed by atoms with Crippen LogP contribution in [0, 0.1) is 0 Å². The van der Waals surface area contributed by atoms with Gasteiger partial charge in [0.05, 0.1) is 12.2 Å². The van der Waals surface area contributed by atoms with Crippen LogP contribution in [0.2, 0.25) is 0 Å². The molecule has 2 heterocycles. The van der Waals surface area contributed by atoms with Crippen molar-refractivity contribution < 1.29 is 0 Å². The first-order valence-corrected chi connectivity index (χ1v) is 6.59. The van der Waals surface area contributed by atoms with Gasteiger partial charge in [-0.15, -0.1) is 0 Å². The van der Waals surface area contributed by atoms with Gasteiger partial charge in [-0.3, -0.25) is 9.58 Å². The lowest BCUT2D eigenvalue weighted by atomic mass is 10.2. The lowest BCUT2D eigenvalue weighted by Gasteiger charge is -2.27. The topological polar surface area (TPSA) is 21.1 Å². The fraction of sp³-hybridized carbons (Fsp3) is 0.308. The molecule has 0 atom stereocenters. The van der Waals surface area contributed by atoms with Crippen LogP contribution < -0.4 is 0 Å². The number of hydrogen-bond donors (Lipinski definition) is 0. The molecule has 3 rings (SSSR count). The van der Waals surface area contributed by atoms with Crippen molar-refractivity contribution in [1.82, 2.24) is 14.7 Å². The monoisotopic (exact) mass is 291 g/mol. The molecule has 1 aromatic heterocycles. The smallest absolute Gasteiger partial charge is 0.128 e. The SMILES string of the molecule is Brc1cc2n(n1)CCN(Cc1ccccc1)C2. The van der Waals surface area contributed by atoms with E-state index < -0.39 is 0 Å². The first-order chi connectivity index (χ1) is 8.31. The fourth-order valence-corrected chi connectivity index (χ4v) is 2.72. The van der Waals surface area contributed by atoms with Gasteiger partial charge >= 0.3 is 0 Å². The van der Waals surface area contributed by atoms with Crippen molar-refractivity contribution in [3.8, 4) is 0 Å². The number of aromatic nitrogens is 2. The molecular formula is C13H14BrN3. The van der Waals surface area contributed by atoms with Crippen LogP contribution in [0.1, 0.15) is 11.3 Å². The van der Waals surface area contributed by atoms with Crippen molar-refractivity contribution in [3.05, 3.63) is 52.3 Å². The van der Waals surface area contributed by atoms with Crippen molar-refractivity contribution >= 4 is 15.9 Å². The summed E-state index contributed by atoms with van der Waals surface area (Å²) in [6.07, 6.45) is 0. The van der Waals surface area contributed by atoms with Gasteiger partial charge in [0, 0.05) is 19.6 Å². The molecule has 4 heteroatoms. The van der Waals surface area contributed by atoms with E-state index in [9.17, 15) is 0 Å². The van der Waals surface area contributed by atoms with E-state index in [0.717, 1.165) is 30.8 Å². The Morgan fingerprint density at radius 2 is 2.00 bits per heavy atom. The van der Waals surface area contributed by atoms with Gasteiger partial charge in [-0.25, -0.2) is 0 Å². The highest BCUT2D eigenvalue weighted by atomic mass is 79.9. The second kappa shape index (κ2) is 4.63. The van der Waals surface area contributed by atoms with Gasteiger partial charge in [-0.05, 0) is 27.6 Å². The Labute approximate surface area is 109 Å². The Bertz CT molecular complexity index is 507. The lowest BCUT2D eigenvalue weighted by molar-refractivity contribution is 0.205. The highest BCUT2D eigenvalue weighted by Crippen LogP contribution is 2.18. The third-order valence-electron chi connectivity index (χ3n) is 3.10. The summed E-state index contributed by atoms with van der Waals surface area (Å²) < 4.78 is 3.03. The van der Waals surface area contributed by atoms with E-state index in [1.54, 1.807) is 0 Å². The molecule has 0 aliphatic carbocycles. The lowest BCUT2D eigenvalue weighted by Crippen LogP contribution is -2.33. The molecule has 0 saturated carbocycles. The molecular weight excluding hydrogens is 278 g/mol. The Kier molecular flexibility index (Phi) is 2.99. The summed E-state index contributed by atoms with van der Waals surface area (Å²) in [6, 6.07) is 12.7. The first kappa shape index (κ1) is 11.0. The molecule has 0 spiro atoms. The maximum Gasteiger partial charge on any atom is 0.128 e. The van der Waals surface area contributed by atoms with Gasteiger partial charge in [0.25, 0.3) is 0 Å². The fourth-order valence-electron chi connectivity index (χ4n) is 2.26. The Morgan fingerprint density at radius 1 is 1.18 bits per heavy atom. The molecule has 0 bridgehead atoms. The summed E-state index contributed by atoms with van der Waals surface area (Å²) in [5, 5.41) is 4.40. The molecule has 0 amide bonds. The first-order valence-electron chi connectivity index (χ1n) is 5.80. The average Bonchev–Trinajstić information content (AvgIpc) is 2.70. The van der Waals surface area contributed by atoms with Gasteiger partial charge in [-0.1, -0.05) is 30.3 Å². The quantitative estimate of drug-likeness (QED) is 0.848. The zero-order valence-corrected chi connectivity index (χ0v) is 11.1. The van der Waals surface area contributed by atoms with Gasteiger partial charge in [0.1, 0.15) is 4.60 Å². The number of fused-ring (bicyclic) bond motifs is 1. The number of benzene rings is 1. The van der Waals surface area contributed by atoms with Gasteiger partial charge < -0.3 is 0 Å². The molecule has 0 unspecified atom stereocenters. The van der Waals surface area contributed by atoms with E-state index in [1.165, 1.54) is 11.3 Å². The molecule has 0 saturated heterocycles. The summed E-state index contributed by atoms with van der Waals surface area (Å²) in [5.41, 5.74) is 2.67. The minimum atomic E-state index is 0.939. The largest absolute Gasteiger partial charge is 0.291 e. The molecule has 88 valence electrons. The summed E-state index contributed by atoms with van der Waals surface area (Å²) in [7, 11) is 0. The number of nitrogens with zero attached hydrogens (tertiary/aromatic N) is 3. The van der Waals surface area contributed by atoms with Crippen LogP contribution in [0.3, 0.4) is 0 Å². The number of halogens is 1. The maximum absolute atomic E-state index is 4.40. The second-order valence-corrected chi connectivity index (χ2v) is 5.19. The molecule has 2 aromatic rings. The van der Waals surface area contributed by atoms with Crippen LogP contribution >= 0.6 is 15.9 Å². The molecule has 0 N–H and O–H groups in total. The minimum Gasteiger partial charge on any atom is -0.291 e. The summed E-state index contributed by atoms with van der Waals surface area (Å²) in [5.74, 6) is 0.